The number of rotatable bonds is 9. The lowest BCUT2D eigenvalue weighted by Gasteiger charge is -2.11. The van der Waals surface area contributed by atoms with Gasteiger partial charge in [0.05, 0.1) is 6.10 Å². The Hall–Kier alpha value is -1.03. The molecule has 0 fully saturated rings. The van der Waals surface area contributed by atoms with Crippen molar-refractivity contribution < 1.29 is 4.74 Å². The van der Waals surface area contributed by atoms with E-state index in [1.54, 1.807) is 0 Å². The average Bonchev–Trinajstić information content (AvgIpc) is 2.32. The third kappa shape index (κ3) is 7.21. The van der Waals surface area contributed by atoms with E-state index in [0.29, 0.717) is 11.8 Å². The second-order valence-corrected chi connectivity index (χ2v) is 5.25. The molecule has 0 saturated carbocycles. The zero-order valence-corrected chi connectivity index (χ0v) is 12.8. The third-order valence-corrected chi connectivity index (χ3v) is 2.80. The first kappa shape index (κ1) is 16.0. The predicted octanol–water partition coefficient (Wildman–Crippen LogP) is 3.78. The summed E-state index contributed by atoms with van der Waals surface area (Å²) in [5.74, 6) is 2.03. The molecule has 0 aliphatic rings. The van der Waals surface area contributed by atoms with Crippen LogP contribution in [-0.2, 0) is 0 Å². The van der Waals surface area contributed by atoms with Gasteiger partial charge in [-0.05, 0) is 33.6 Å². The van der Waals surface area contributed by atoms with E-state index < -0.39 is 0 Å². The Bertz CT molecular complexity index is 372. The van der Waals surface area contributed by atoms with Crippen molar-refractivity contribution in [3.8, 4) is 5.88 Å². The van der Waals surface area contributed by atoms with Crippen LogP contribution in [0.4, 0.5) is 5.95 Å². The number of aryl methyl sites for hydroxylation is 1. The van der Waals surface area contributed by atoms with Crippen molar-refractivity contribution in [2.75, 3.05) is 17.7 Å². The zero-order chi connectivity index (χ0) is 14.1. The molecular weight excluding hydrogens is 262 g/mol. The number of unbranched alkanes of at least 4 members (excludes halogenated alkanes) is 3. The summed E-state index contributed by atoms with van der Waals surface area (Å²) in [5, 5.41) is 3.24. The van der Waals surface area contributed by atoms with Crippen LogP contribution in [0.15, 0.2) is 6.07 Å². The molecule has 0 unspecified atom stereocenters. The Labute approximate surface area is 120 Å². The monoisotopic (exact) mass is 285 g/mol. The van der Waals surface area contributed by atoms with Crippen LogP contribution in [-0.4, -0.2) is 28.5 Å². The zero-order valence-electron chi connectivity index (χ0n) is 12.1. The number of anilines is 1. The maximum Gasteiger partial charge on any atom is 0.226 e. The Morgan fingerprint density at radius 1 is 1.21 bits per heavy atom. The van der Waals surface area contributed by atoms with Crippen LogP contribution in [0.1, 0.15) is 45.2 Å². The number of hydrogen-bond acceptors (Lipinski definition) is 4. The van der Waals surface area contributed by atoms with Crippen LogP contribution >= 0.6 is 11.6 Å². The molecule has 1 heterocycles. The van der Waals surface area contributed by atoms with E-state index in [0.717, 1.165) is 31.0 Å². The maximum absolute atomic E-state index is 5.64. The van der Waals surface area contributed by atoms with Gasteiger partial charge in [-0.25, -0.2) is 4.98 Å². The Balaban J connectivity index is 2.38. The second-order valence-electron chi connectivity index (χ2n) is 4.87. The molecule has 1 rings (SSSR count). The Morgan fingerprint density at radius 3 is 2.63 bits per heavy atom. The number of aromatic nitrogens is 2. The molecular formula is C14H24ClN3O. The summed E-state index contributed by atoms with van der Waals surface area (Å²) in [6, 6.07) is 1.85. The molecule has 0 saturated heterocycles. The first-order valence-electron chi connectivity index (χ1n) is 6.94. The standard InChI is InChI=1S/C14H24ClN3O/c1-11(2)19-13-10-12(3)17-14(18-13)16-9-7-5-4-6-8-15/h10-11H,4-9H2,1-3H3,(H,16,17,18). The van der Waals surface area contributed by atoms with E-state index in [2.05, 4.69) is 15.3 Å². The molecule has 4 nitrogen and oxygen atoms in total. The summed E-state index contributed by atoms with van der Waals surface area (Å²) in [6.07, 6.45) is 4.68. The minimum atomic E-state index is 0.123. The molecule has 1 N–H and O–H groups in total. The van der Waals surface area contributed by atoms with E-state index in [-0.39, 0.29) is 6.10 Å². The smallest absolute Gasteiger partial charge is 0.226 e. The third-order valence-electron chi connectivity index (χ3n) is 2.53. The van der Waals surface area contributed by atoms with Gasteiger partial charge in [-0.1, -0.05) is 12.8 Å². The highest BCUT2D eigenvalue weighted by molar-refractivity contribution is 6.17. The van der Waals surface area contributed by atoms with Gasteiger partial charge in [0.2, 0.25) is 11.8 Å². The molecule has 0 bridgehead atoms. The van der Waals surface area contributed by atoms with Gasteiger partial charge in [0, 0.05) is 24.2 Å². The Kier molecular flexibility index (Phi) is 7.56. The molecule has 19 heavy (non-hydrogen) atoms. The molecule has 1 aromatic rings. The van der Waals surface area contributed by atoms with Crippen LogP contribution in [0.3, 0.4) is 0 Å². The average molecular weight is 286 g/mol. The molecule has 0 aromatic carbocycles. The first-order valence-corrected chi connectivity index (χ1v) is 7.47. The molecule has 0 aliphatic carbocycles. The highest BCUT2D eigenvalue weighted by Crippen LogP contribution is 2.13. The predicted molar refractivity (Wildman–Crippen MR) is 80.2 cm³/mol. The van der Waals surface area contributed by atoms with Gasteiger partial charge in [0.15, 0.2) is 0 Å². The van der Waals surface area contributed by atoms with Crippen molar-refractivity contribution in [2.45, 2.75) is 52.6 Å². The summed E-state index contributed by atoms with van der Waals surface area (Å²) >= 11 is 5.64. The summed E-state index contributed by atoms with van der Waals surface area (Å²) in [5.41, 5.74) is 0.912. The van der Waals surface area contributed by atoms with E-state index in [4.69, 9.17) is 16.3 Å². The SMILES string of the molecule is Cc1cc(OC(C)C)nc(NCCCCCCCl)n1. The van der Waals surface area contributed by atoms with Gasteiger partial charge in [0.25, 0.3) is 0 Å². The number of hydrogen-bond donors (Lipinski definition) is 1. The maximum atomic E-state index is 5.64. The number of halogens is 1. The second kappa shape index (κ2) is 8.97. The van der Waals surface area contributed by atoms with Crippen molar-refractivity contribution in [3.63, 3.8) is 0 Å². The van der Waals surface area contributed by atoms with E-state index in [1.807, 2.05) is 26.8 Å². The summed E-state index contributed by atoms with van der Waals surface area (Å²) in [4.78, 5) is 8.69. The number of ether oxygens (including phenoxy) is 1. The van der Waals surface area contributed by atoms with Gasteiger partial charge >= 0.3 is 0 Å². The number of nitrogens with one attached hydrogen (secondary N) is 1. The first-order chi connectivity index (χ1) is 9.11. The van der Waals surface area contributed by atoms with Crippen LogP contribution in [0.25, 0.3) is 0 Å². The molecule has 0 amide bonds. The quantitative estimate of drug-likeness (QED) is 0.554. The van der Waals surface area contributed by atoms with Gasteiger partial charge in [-0.15, -0.1) is 11.6 Å². The lowest BCUT2D eigenvalue weighted by molar-refractivity contribution is 0.232. The highest BCUT2D eigenvalue weighted by atomic mass is 35.5. The van der Waals surface area contributed by atoms with Gasteiger partial charge < -0.3 is 10.1 Å². The van der Waals surface area contributed by atoms with Crippen molar-refractivity contribution >= 4 is 17.5 Å². The Morgan fingerprint density at radius 2 is 1.95 bits per heavy atom. The molecule has 1 aromatic heterocycles. The largest absolute Gasteiger partial charge is 0.475 e. The fraction of sp³-hybridized carbons (Fsp3) is 0.714. The fourth-order valence-corrected chi connectivity index (χ4v) is 1.88. The molecule has 5 heteroatoms. The van der Waals surface area contributed by atoms with Crippen molar-refractivity contribution in [2.24, 2.45) is 0 Å². The number of nitrogens with zero attached hydrogens (tertiary/aromatic N) is 2. The summed E-state index contributed by atoms with van der Waals surface area (Å²) in [6.45, 7) is 6.80. The summed E-state index contributed by atoms with van der Waals surface area (Å²) < 4.78 is 5.59. The fourth-order valence-electron chi connectivity index (χ4n) is 1.69. The van der Waals surface area contributed by atoms with Gasteiger partial charge in [0.1, 0.15) is 0 Å². The molecule has 0 radical (unpaired) electrons. The van der Waals surface area contributed by atoms with Gasteiger partial charge in [-0.2, -0.15) is 4.98 Å². The van der Waals surface area contributed by atoms with E-state index >= 15 is 0 Å². The molecule has 0 spiro atoms. The van der Waals surface area contributed by atoms with E-state index in [9.17, 15) is 0 Å². The lowest BCUT2D eigenvalue weighted by Crippen LogP contribution is -2.11. The van der Waals surface area contributed by atoms with Crippen LogP contribution in [0, 0.1) is 6.92 Å². The highest BCUT2D eigenvalue weighted by Gasteiger charge is 2.04. The van der Waals surface area contributed by atoms with Gasteiger partial charge in [-0.3, -0.25) is 0 Å². The minimum absolute atomic E-state index is 0.123. The van der Waals surface area contributed by atoms with Crippen molar-refractivity contribution in [3.05, 3.63) is 11.8 Å². The number of alkyl halides is 1. The van der Waals surface area contributed by atoms with Crippen LogP contribution in [0.2, 0.25) is 0 Å². The minimum Gasteiger partial charge on any atom is -0.475 e. The normalized spacial score (nSPS) is 10.8. The topological polar surface area (TPSA) is 47.0 Å². The van der Waals surface area contributed by atoms with Crippen molar-refractivity contribution in [1.82, 2.24) is 9.97 Å². The molecule has 0 atom stereocenters. The van der Waals surface area contributed by atoms with Crippen molar-refractivity contribution in [1.29, 1.82) is 0 Å². The van der Waals surface area contributed by atoms with E-state index in [1.165, 1.54) is 12.8 Å². The molecule has 108 valence electrons. The van der Waals surface area contributed by atoms with Crippen LogP contribution < -0.4 is 10.1 Å². The van der Waals surface area contributed by atoms with Crippen LogP contribution in [0.5, 0.6) is 5.88 Å². The lowest BCUT2D eigenvalue weighted by atomic mass is 10.2. The summed E-state index contributed by atoms with van der Waals surface area (Å²) in [7, 11) is 0. The molecule has 0 aliphatic heterocycles.